The highest BCUT2D eigenvalue weighted by atomic mass is 16.5. The number of nitrogens with zero attached hydrogens (tertiary/aromatic N) is 1. The summed E-state index contributed by atoms with van der Waals surface area (Å²) in [6.07, 6.45) is 2.33. The van der Waals surface area contributed by atoms with E-state index in [9.17, 15) is 14.7 Å². The summed E-state index contributed by atoms with van der Waals surface area (Å²) in [5, 5.41) is 12.5. The number of aromatic amines is 1. The number of aromatic nitrogens is 1. The Kier molecular flexibility index (Phi) is 4.45. The molecule has 1 aromatic heterocycles. The number of nitrogens with one attached hydrogen (secondary N) is 1. The van der Waals surface area contributed by atoms with Crippen LogP contribution in [0.3, 0.4) is 0 Å². The number of aliphatic hydroxyl groups is 1. The van der Waals surface area contributed by atoms with E-state index in [1.165, 1.54) is 6.07 Å². The monoisotopic (exact) mass is 390 g/mol. The first-order valence-electron chi connectivity index (χ1n) is 9.90. The predicted octanol–water partition coefficient (Wildman–Crippen LogP) is 2.22. The molecule has 3 heterocycles. The molecule has 29 heavy (non-hydrogen) atoms. The zero-order valence-corrected chi connectivity index (χ0v) is 15.9. The number of hydrogen-bond acceptors (Lipinski definition) is 4. The van der Waals surface area contributed by atoms with Crippen LogP contribution in [0.25, 0.3) is 10.8 Å². The molecule has 0 saturated carbocycles. The second-order valence-corrected chi connectivity index (χ2v) is 7.78. The van der Waals surface area contributed by atoms with Crippen molar-refractivity contribution >= 4 is 16.7 Å². The van der Waals surface area contributed by atoms with Crippen LogP contribution in [0, 0.1) is 0 Å². The van der Waals surface area contributed by atoms with Gasteiger partial charge >= 0.3 is 0 Å². The van der Waals surface area contributed by atoms with Gasteiger partial charge in [0.05, 0.1) is 18.8 Å². The van der Waals surface area contributed by atoms with Gasteiger partial charge in [0.25, 0.3) is 5.91 Å². The van der Waals surface area contributed by atoms with E-state index in [2.05, 4.69) is 17.1 Å². The van der Waals surface area contributed by atoms with E-state index < -0.39 is 6.10 Å². The molecule has 1 saturated heterocycles. The number of aliphatic hydroxyl groups excluding tert-OH is 1. The molecule has 2 atom stereocenters. The van der Waals surface area contributed by atoms with Crippen LogP contribution in [0.15, 0.2) is 53.5 Å². The molecule has 6 nitrogen and oxygen atoms in total. The molecular formula is C23H22N2O4. The Balaban J connectivity index is 1.57. The lowest BCUT2D eigenvalue weighted by molar-refractivity contribution is -0.0571. The average Bonchev–Trinajstić information content (AvgIpc) is 3.07. The average molecular weight is 390 g/mol. The van der Waals surface area contributed by atoms with Crippen LogP contribution >= 0.6 is 0 Å². The molecule has 0 spiro atoms. The highest BCUT2D eigenvalue weighted by Crippen LogP contribution is 2.35. The van der Waals surface area contributed by atoms with Crippen molar-refractivity contribution in [3.8, 4) is 0 Å². The van der Waals surface area contributed by atoms with Gasteiger partial charge in [0.2, 0.25) is 5.56 Å². The van der Waals surface area contributed by atoms with E-state index >= 15 is 0 Å². The van der Waals surface area contributed by atoms with Crippen LogP contribution < -0.4 is 5.56 Å². The summed E-state index contributed by atoms with van der Waals surface area (Å²) in [7, 11) is 0. The Labute approximate surface area is 167 Å². The van der Waals surface area contributed by atoms with E-state index in [-0.39, 0.29) is 24.1 Å². The quantitative estimate of drug-likeness (QED) is 0.719. The Morgan fingerprint density at radius 3 is 2.72 bits per heavy atom. The maximum absolute atomic E-state index is 13.3. The highest BCUT2D eigenvalue weighted by Gasteiger charge is 2.38. The van der Waals surface area contributed by atoms with Crippen molar-refractivity contribution in [3.05, 3.63) is 81.3 Å². The molecule has 0 unspecified atom stereocenters. The SMILES string of the molecule is O=C1c2cc(Cc3ccc(=O)[nH]c3)c3ccccc3c2CN1[C@H]1CCOC[C@@H]1O. The summed E-state index contributed by atoms with van der Waals surface area (Å²) in [5.74, 6) is -0.0283. The largest absolute Gasteiger partial charge is 0.389 e. The first kappa shape index (κ1) is 18.1. The first-order valence-corrected chi connectivity index (χ1v) is 9.90. The number of ether oxygens (including phenoxy) is 1. The fourth-order valence-corrected chi connectivity index (χ4v) is 4.53. The molecule has 2 N–H and O–H groups in total. The Morgan fingerprint density at radius 2 is 1.97 bits per heavy atom. The number of carbonyl (C=O) groups is 1. The van der Waals surface area contributed by atoms with Crippen molar-refractivity contribution in [3.63, 3.8) is 0 Å². The van der Waals surface area contributed by atoms with Crippen molar-refractivity contribution in [1.29, 1.82) is 0 Å². The Bertz CT molecular complexity index is 1130. The molecular weight excluding hydrogens is 368 g/mol. The number of benzene rings is 2. The van der Waals surface area contributed by atoms with Gasteiger partial charge in [-0.25, -0.2) is 0 Å². The number of fused-ring (bicyclic) bond motifs is 3. The lowest BCUT2D eigenvalue weighted by Crippen LogP contribution is -2.49. The van der Waals surface area contributed by atoms with Crippen molar-refractivity contribution in [2.45, 2.75) is 31.5 Å². The van der Waals surface area contributed by atoms with Crippen LogP contribution in [0.5, 0.6) is 0 Å². The normalized spacial score (nSPS) is 21.6. The van der Waals surface area contributed by atoms with Gasteiger partial charge in [-0.1, -0.05) is 30.3 Å². The molecule has 1 amide bonds. The molecule has 3 aromatic rings. The van der Waals surface area contributed by atoms with Gasteiger partial charge in [0, 0.05) is 31.0 Å². The lowest BCUT2D eigenvalue weighted by Gasteiger charge is -2.34. The number of carbonyl (C=O) groups excluding carboxylic acids is 1. The van der Waals surface area contributed by atoms with Gasteiger partial charge in [-0.05, 0) is 46.4 Å². The van der Waals surface area contributed by atoms with Crippen LogP contribution in [0.4, 0.5) is 0 Å². The summed E-state index contributed by atoms with van der Waals surface area (Å²) in [5.41, 5.74) is 3.63. The van der Waals surface area contributed by atoms with Crippen molar-refractivity contribution in [2.75, 3.05) is 13.2 Å². The van der Waals surface area contributed by atoms with Gasteiger partial charge in [-0.2, -0.15) is 0 Å². The summed E-state index contributed by atoms with van der Waals surface area (Å²) < 4.78 is 5.33. The van der Waals surface area contributed by atoms with Crippen molar-refractivity contribution < 1.29 is 14.6 Å². The summed E-state index contributed by atoms with van der Waals surface area (Å²) in [6.45, 7) is 1.33. The van der Waals surface area contributed by atoms with E-state index in [1.54, 1.807) is 11.1 Å². The third-order valence-electron chi connectivity index (χ3n) is 6.00. The molecule has 0 radical (unpaired) electrons. The molecule has 5 rings (SSSR count). The fourth-order valence-electron chi connectivity index (χ4n) is 4.53. The number of H-pyrrole nitrogens is 1. The third-order valence-corrected chi connectivity index (χ3v) is 6.00. The topological polar surface area (TPSA) is 82.6 Å². The van der Waals surface area contributed by atoms with Crippen molar-refractivity contribution in [1.82, 2.24) is 9.88 Å². The van der Waals surface area contributed by atoms with Crippen LogP contribution in [-0.4, -0.2) is 46.3 Å². The van der Waals surface area contributed by atoms with E-state index in [4.69, 9.17) is 4.74 Å². The second kappa shape index (κ2) is 7.13. The molecule has 2 aromatic carbocycles. The number of hydrogen-bond donors (Lipinski definition) is 2. The van der Waals surface area contributed by atoms with Crippen LogP contribution in [0.1, 0.15) is 33.5 Å². The van der Waals surface area contributed by atoms with Gasteiger partial charge in [0.15, 0.2) is 0 Å². The summed E-state index contributed by atoms with van der Waals surface area (Å²) in [6, 6.07) is 13.2. The smallest absolute Gasteiger partial charge is 0.254 e. The van der Waals surface area contributed by atoms with Crippen LogP contribution in [-0.2, 0) is 17.7 Å². The minimum atomic E-state index is -0.658. The summed E-state index contributed by atoms with van der Waals surface area (Å²) in [4.78, 5) is 29.1. The molecule has 6 heteroatoms. The Hall–Kier alpha value is -2.96. The third kappa shape index (κ3) is 3.14. The van der Waals surface area contributed by atoms with Crippen LogP contribution in [0.2, 0.25) is 0 Å². The first-order chi connectivity index (χ1) is 14.1. The zero-order valence-electron chi connectivity index (χ0n) is 15.9. The molecule has 1 fully saturated rings. The standard InChI is InChI=1S/C23H22N2O4/c26-21-13-29-8-7-20(21)25-12-19-17-4-2-1-3-16(17)15(10-18(19)23(25)28)9-14-5-6-22(27)24-11-14/h1-6,10-11,20-21,26H,7-9,12-13H2,(H,24,27)/t20-,21-/m0/s1. The van der Waals surface area contributed by atoms with Gasteiger partial charge in [-0.3, -0.25) is 9.59 Å². The lowest BCUT2D eigenvalue weighted by atomic mass is 9.93. The number of rotatable bonds is 3. The Morgan fingerprint density at radius 1 is 1.14 bits per heavy atom. The van der Waals surface area contributed by atoms with E-state index in [0.29, 0.717) is 31.6 Å². The predicted molar refractivity (Wildman–Crippen MR) is 109 cm³/mol. The maximum Gasteiger partial charge on any atom is 0.254 e. The van der Waals surface area contributed by atoms with Gasteiger partial charge < -0.3 is 19.7 Å². The number of pyridine rings is 1. The molecule has 2 aliphatic heterocycles. The van der Waals surface area contributed by atoms with Gasteiger partial charge in [-0.15, -0.1) is 0 Å². The van der Waals surface area contributed by atoms with Gasteiger partial charge in [0.1, 0.15) is 0 Å². The number of amides is 1. The zero-order chi connectivity index (χ0) is 20.0. The van der Waals surface area contributed by atoms with E-state index in [1.807, 2.05) is 24.3 Å². The van der Waals surface area contributed by atoms with E-state index in [0.717, 1.165) is 27.5 Å². The minimum Gasteiger partial charge on any atom is -0.389 e. The minimum absolute atomic E-state index is 0.0283. The maximum atomic E-state index is 13.3. The molecule has 148 valence electrons. The molecule has 0 bridgehead atoms. The van der Waals surface area contributed by atoms with Crippen molar-refractivity contribution in [2.24, 2.45) is 0 Å². The molecule has 0 aliphatic carbocycles. The second-order valence-electron chi connectivity index (χ2n) is 7.78. The highest BCUT2D eigenvalue weighted by molar-refractivity contribution is 6.05. The fraction of sp³-hybridized carbons (Fsp3) is 0.304. The summed E-state index contributed by atoms with van der Waals surface area (Å²) >= 11 is 0. The molecule has 2 aliphatic rings.